The lowest BCUT2D eigenvalue weighted by Gasteiger charge is -2.03. The Morgan fingerprint density at radius 1 is 1.35 bits per heavy atom. The lowest BCUT2D eigenvalue weighted by Crippen LogP contribution is -1.99. The van der Waals surface area contributed by atoms with Crippen LogP contribution in [-0.2, 0) is 12.3 Å². The van der Waals surface area contributed by atoms with E-state index in [0.29, 0.717) is 6.54 Å². The van der Waals surface area contributed by atoms with Gasteiger partial charge in [-0.15, -0.1) is 0 Å². The predicted octanol–water partition coefficient (Wildman–Crippen LogP) is 3.09. The zero-order chi connectivity index (χ0) is 12.3. The molecule has 0 unspecified atom stereocenters. The molecule has 0 fully saturated rings. The Morgan fingerprint density at radius 2 is 2.12 bits per heavy atom. The van der Waals surface area contributed by atoms with Crippen molar-refractivity contribution in [1.82, 2.24) is 10.2 Å². The van der Waals surface area contributed by atoms with Crippen molar-refractivity contribution in [3.05, 3.63) is 35.0 Å². The monoisotopic (exact) mass is 251 g/mol. The molecule has 0 aliphatic rings. The highest BCUT2D eigenvalue weighted by Gasteiger charge is 2.07. The number of hydrogen-bond donors (Lipinski definition) is 2. The van der Waals surface area contributed by atoms with Gasteiger partial charge in [-0.25, -0.2) is 0 Å². The molecule has 0 atom stereocenters. The van der Waals surface area contributed by atoms with Crippen LogP contribution in [0.2, 0.25) is 0 Å². The molecule has 2 rings (SSSR count). The zero-order valence-corrected chi connectivity index (χ0v) is 11.1. The Balaban J connectivity index is 1.97. The van der Waals surface area contributed by atoms with E-state index in [1.807, 2.05) is 26.0 Å². The van der Waals surface area contributed by atoms with Crippen LogP contribution >= 0.6 is 11.8 Å². The normalized spacial score (nSPS) is 10.8. The maximum absolute atomic E-state index is 5.69. The number of aromatic nitrogens is 2. The van der Waals surface area contributed by atoms with Crippen molar-refractivity contribution in [3.63, 3.8) is 0 Å². The number of aryl methyl sites for hydroxylation is 2. The van der Waals surface area contributed by atoms with Crippen LogP contribution in [0.3, 0.4) is 0 Å². The van der Waals surface area contributed by atoms with Gasteiger partial charge in [0, 0.05) is 0 Å². The van der Waals surface area contributed by atoms with Crippen LogP contribution in [-0.4, -0.2) is 16.5 Å². The Morgan fingerprint density at radius 3 is 2.76 bits per heavy atom. The van der Waals surface area contributed by atoms with Crippen molar-refractivity contribution in [2.45, 2.75) is 26.1 Å². The van der Waals surface area contributed by atoms with E-state index in [1.54, 1.807) is 11.8 Å². The topological polar surface area (TPSA) is 53.9 Å². The van der Waals surface area contributed by atoms with Crippen molar-refractivity contribution in [2.24, 2.45) is 0 Å². The number of aromatic amines is 1. The number of nitrogens with one attached hydrogen (secondary N) is 2. The third kappa shape index (κ3) is 2.85. The first kappa shape index (κ1) is 12.1. The fraction of sp³-hybridized carbons (Fsp3) is 0.417. The second kappa shape index (κ2) is 5.31. The summed E-state index contributed by atoms with van der Waals surface area (Å²) in [7, 11) is 0. The minimum Gasteiger partial charge on any atom is -0.463 e. The molecule has 2 aromatic rings. The summed E-state index contributed by atoms with van der Waals surface area (Å²) in [6, 6.07) is 4.05. The lowest BCUT2D eigenvalue weighted by atomic mass is 10.3. The first-order chi connectivity index (χ1) is 8.20. The second-order valence-electron chi connectivity index (χ2n) is 3.96. The zero-order valence-electron chi connectivity index (χ0n) is 10.3. The number of H-pyrrole nitrogens is 1. The fourth-order valence-electron chi connectivity index (χ4n) is 1.72. The Bertz CT molecular complexity index is 470. The molecule has 5 heteroatoms. The molecule has 0 aliphatic carbocycles. The molecule has 0 spiro atoms. The van der Waals surface area contributed by atoms with Crippen molar-refractivity contribution >= 4 is 17.4 Å². The third-order valence-electron chi connectivity index (χ3n) is 2.57. The van der Waals surface area contributed by atoms with Gasteiger partial charge in [-0.05, 0) is 32.2 Å². The molecule has 0 saturated heterocycles. The van der Waals surface area contributed by atoms with Crippen molar-refractivity contribution in [2.75, 3.05) is 11.6 Å². The Labute approximate surface area is 105 Å². The van der Waals surface area contributed by atoms with Gasteiger partial charge in [0.1, 0.15) is 11.5 Å². The third-order valence-corrected chi connectivity index (χ3v) is 3.14. The van der Waals surface area contributed by atoms with Crippen molar-refractivity contribution in [1.29, 1.82) is 0 Å². The van der Waals surface area contributed by atoms with Gasteiger partial charge >= 0.3 is 0 Å². The maximum atomic E-state index is 5.69. The van der Waals surface area contributed by atoms with E-state index in [-0.39, 0.29) is 0 Å². The van der Waals surface area contributed by atoms with E-state index >= 15 is 0 Å². The average Bonchev–Trinajstić information content (AvgIpc) is 2.86. The summed E-state index contributed by atoms with van der Waals surface area (Å²) < 4.78 is 5.69. The maximum Gasteiger partial charge on any atom is 0.123 e. The molecule has 0 saturated carbocycles. The Hall–Kier alpha value is -1.36. The van der Waals surface area contributed by atoms with Crippen LogP contribution in [0.5, 0.6) is 0 Å². The smallest absolute Gasteiger partial charge is 0.123 e. The minimum atomic E-state index is 0.690. The van der Waals surface area contributed by atoms with Gasteiger partial charge in [0.15, 0.2) is 0 Å². The van der Waals surface area contributed by atoms with Crippen LogP contribution < -0.4 is 5.32 Å². The van der Waals surface area contributed by atoms with Crippen molar-refractivity contribution < 1.29 is 4.42 Å². The summed E-state index contributed by atoms with van der Waals surface area (Å²) in [6.07, 6.45) is 2.07. The fourth-order valence-corrected chi connectivity index (χ4v) is 2.16. The molecule has 0 aliphatic heterocycles. The molecular formula is C12H17N3OS. The SMILES string of the molecule is CSCc1ccc(CNc2c(C)n[nH]c2C)o1. The van der Waals surface area contributed by atoms with Crippen LogP contribution in [0.15, 0.2) is 16.5 Å². The molecule has 17 heavy (non-hydrogen) atoms. The minimum absolute atomic E-state index is 0.690. The van der Waals surface area contributed by atoms with Crippen molar-refractivity contribution in [3.8, 4) is 0 Å². The van der Waals surface area contributed by atoms with E-state index in [0.717, 1.165) is 34.3 Å². The van der Waals surface area contributed by atoms with Gasteiger partial charge in [0.05, 0.1) is 29.4 Å². The molecule has 0 aromatic carbocycles. The number of nitrogens with zero attached hydrogens (tertiary/aromatic N) is 1. The van der Waals surface area contributed by atoms with Gasteiger partial charge in [-0.2, -0.15) is 16.9 Å². The molecule has 0 radical (unpaired) electrons. The number of furan rings is 1. The summed E-state index contributed by atoms with van der Waals surface area (Å²) in [6.45, 7) is 4.67. The van der Waals surface area contributed by atoms with Crippen LogP contribution in [0.4, 0.5) is 5.69 Å². The average molecular weight is 251 g/mol. The van der Waals surface area contributed by atoms with Gasteiger partial charge in [0.25, 0.3) is 0 Å². The molecule has 0 bridgehead atoms. The summed E-state index contributed by atoms with van der Waals surface area (Å²) in [5.74, 6) is 2.90. The molecule has 2 N–H and O–H groups in total. The van der Waals surface area contributed by atoms with E-state index in [9.17, 15) is 0 Å². The molecule has 92 valence electrons. The molecule has 4 nitrogen and oxygen atoms in total. The lowest BCUT2D eigenvalue weighted by molar-refractivity contribution is 0.487. The van der Waals surface area contributed by atoms with E-state index in [1.165, 1.54) is 0 Å². The molecular weight excluding hydrogens is 234 g/mol. The highest BCUT2D eigenvalue weighted by atomic mass is 32.2. The molecule has 2 aromatic heterocycles. The van der Waals surface area contributed by atoms with Crippen LogP contribution in [0.1, 0.15) is 22.9 Å². The second-order valence-corrected chi connectivity index (χ2v) is 4.83. The van der Waals surface area contributed by atoms with Gasteiger partial charge in [0.2, 0.25) is 0 Å². The van der Waals surface area contributed by atoms with E-state index < -0.39 is 0 Å². The van der Waals surface area contributed by atoms with Crippen LogP contribution in [0, 0.1) is 13.8 Å². The largest absolute Gasteiger partial charge is 0.463 e. The van der Waals surface area contributed by atoms with Gasteiger partial charge < -0.3 is 9.73 Å². The standard InChI is InChI=1S/C12H17N3OS/c1-8-12(9(2)15-14-8)13-6-10-4-5-11(16-10)7-17-3/h4-5,13H,6-7H2,1-3H3,(H,14,15). The van der Waals surface area contributed by atoms with E-state index in [4.69, 9.17) is 4.42 Å². The number of anilines is 1. The van der Waals surface area contributed by atoms with Crippen LogP contribution in [0.25, 0.3) is 0 Å². The molecule has 0 amide bonds. The quantitative estimate of drug-likeness (QED) is 0.857. The summed E-state index contributed by atoms with van der Waals surface area (Å²) in [5, 5.41) is 10.4. The van der Waals surface area contributed by atoms with Gasteiger partial charge in [-0.1, -0.05) is 0 Å². The Kier molecular flexibility index (Phi) is 3.78. The van der Waals surface area contributed by atoms with Gasteiger partial charge in [-0.3, -0.25) is 5.10 Å². The van der Waals surface area contributed by atoms with E-state index in [2.05, 4.69) is 21.8 Å². The first-order valence-corrected chi connectivity index (χ1v) is 6.92. The summed E-state index contributed by atoms with van der Waals surface area (Å²) in [4.78, 5) is 0. The number of rotatable bonds is 5. The first-order valence-electron chi connectivity index (χ1n) is 5.52. The highest BCUT2D eigenvalue weighted by molar-refractivity contribution is 7.97. The number of thioether (sulfide) groups is 1. The molecule has 2 heterocycles. The summed E-state index contributed by atoms with van der Waals surface area (Å²) in [5.41, 5.74) is 3.10. The summed E-state index contributed by atoms with van der Waals surface area (Å²) >= 11 is 1.76. The highest BCUT2D eigenvalue weighted by Crippen LogP contribution is 2.19. The number of hydrogen-bond acceptors (Lipinski definition) is 4. The predicted molar refractivity (Wildman–Crippen MR) is 71.3 cm³/mol.